The van der Waals surface area contributed by atoms with Crippen LogP contribution in [0.15, 0.2) is 41.4 Å². The van der Waals surface area contributed by atoms with Gasteiger partial charge in [0.1, 0.15) is 5.82 Å². The van der Waals surface area contributed by atoms with Crippen LogP contribution >= 0.6 is 0 Å². The van der Waals surface area contributed by atoms with Gasteiger partial charge in [-0.05, 0) is 55.5 Å². The number of hydrogen-bond donors (Lipinski definition) is 1. The number of sulfonamides is 1. The van der Waals surface area contributed by atoms with Crippen LogP contribution in [0.2, 0.25) is 0 Å². The van der Waals surface area contributed by atoms with E-state index in [2.05, 4.69) is 9.71 Å². The van der Waals surface area contributed by atoms with Gasteiger partial charge in [-0.3, -0.25) is 19.2 Å². The number of carbonyl (C=O) groups excluding carboxylic acids is 2. The predicted molar refractivity (Wildman–Crippen MR) is 112 cm³/mol. The summed E-state index contributed by atoms with van der Waals surface area (Å²) in [4.78, 5) is 31.0. The molecule has 2 amide bonds. The molecule has 0 spiro atoms. The number of pyridine rings is 1. The van der Waals surface area contributed by atoms with Gasteiger partial charge in [0.15, 0.2) is 0 Å². The third-order valence-electron chi connectivity index (χ3n) is 5.97. The number of carbonyl (C=O) groups is 2. The van der Waals surface area contributed by atoms with E-state index in [0.717, 1.165) is 31.2 Å². The maximum absolute atomic E-state index is 12.9. The Balaban J connectivity index is 1.58. The van der Waals surface area contributed by atoms with Gasteiger partial charge in [-0.25, -0.2) is 13.4 Å². The van der Waals surface area contributed by atoms with E-state index in [0.29, 0.717) is 11.1 Å². The number of anilines is 1. The Kier molecular flexibility index (Phi) is 5.36. The summed E-state index contributed by atoms with van der Waals surface area (Å²) in [6.45, 7) is 3.67. The lowest BCUT2D eigenvalue weighted by Gasteiger charge is -2.19. The molecule has 1 aliphatic heterocycles. The van der Waals surface area contributed by atoms with E-state index in [4.69, 9.17) is 0 Å². The fourth-order valence-electron chi connectivity index (χ4n) is 4.32. The van der Waals surface area contributed by atoms with Crippen molar-refractivity contribution in [1.82, 2.24) is 9.88 Å². The number of aromatic nitrogens is 1. The summed E-state index contributed by atoms with van der Waals surface area (Å²) in [7, 11) is -3.86. The lowest BCUT2D eigenvalue weighted by atomic mass is 9.81. The number of nitrogens with one attached hydrogen (secondary N) is 1. The molecule has 2 heterocycles. The third kappa shape index (κ3) is 3.84. The van der Waals surface area contributed by atoms with Crippen LogP contribution < -0.4 is 4.72 Å². The Morgan fingerprint density at radius 1 is 1.03 bits per heavy atom. The highest BCUT2D eigenvalue weighted by atomic mass is 32.2. The Morgan fingerprint density at radius 2 is 1.70 bits per heavy atom. The largest absolute Gasteiger partial charge is 0.278 e. The summed E-state index contributed by atoms with van der Waals surface area (Å²) < 4.78 is 28.4. The van der Waals surface area contributed by atoms with Gasteiger partial charge in [-0.15, -0.1) is 0 Å². The van der Waals surface area contributed by atoms with Crippen molar-refractivity contribution in [1.29, 1.82) is 0 Å². The summed E-state index contributed by atoms with van der Waals surface area (Å²) in [5.74, 6) is -0.448. The van der Waals surface area contributed by atoms with E-state index in [9.17, 15) is 18.0 Å². The number of likely N-dealkylation sites (tertiary alicyclic amines) is 1. The van der Waals surface area contributed by atoms with Crippen molar-refractivity contribution >= 4 is 27.7 Å². The maximum atomic E-state index is 12.9. The van der Waals surface area contributed by atoms with E-state index in [1.54, 1.807) is 37.4 Å². The number of fused-ring (bicyclic) bond motifs is 1. The zero-order chi connectivity index (χ0) is 21.5. The molecule has 2 atom stereocenters. The smallest absolute Gasteiger partial charge is 0.263 e. The van der Waals surface area contributed by atoms with Crippen molar-refractivity contribution in [3.8, 4) is 0 Å². The first-order chi connectivity index (χ1) is 14.3. The summed E-state index contributed by atoms with van der Waals surface area (Å²) in [5.41, 5.74) is 2.11. The van der Waals surface area contributed by atoms with Crippen LogP contribution in [0.4, 0.5) is 5.82 Å². The van der Waals surface area contributed by atoms with Gasteiger partial charge >= 0.3 is 0 Å². The molecule has 1 saturated heterocycles. The van der Waals surface area contributed by atoms with Gasteiger partial charge in [0.25, 0.3) is 10.0 Å². The van der Waals surface area contributed by atoms with Gasteiger partial charge in [0.2, 0.25) is 11.8 Å². The minimum Gasteiger partial charge on any atom is -0.278 e. The lowest BCUT2D eigenvalue weighted by molar-refractivity contribution is -0.140. The highest BCUT2D eigenvalue weighted by Gasteiger charge is 2.47. The Hall–Kier alpha value is -2.74. The molecule has 2 fully saturated rings. The van der Waals surface area contributed by atoms with Crippen molar-refractivity contribution in [3.05, 3.63) is 53.2 Å². The second-order valence-corrected chi connectivity index (χ2v) is 9.84. The standard InChI is InChI=1S/C22H25N3O4S/c1-14-7-10-20(23-12-14)24-30(28,29)19-11-16(9-8-15(19)2)13-25-21(26)17-5-3-4-6-18(17)22(25)27/h7-12,17-18H,3-6,13H2,1-2H3,(H,23,24)/t17-,18-/m1/s1. The minimum atomic E-state index is -3.86. The van der Waals surface area contributed by atoms with Crippen LogP contribution in [0.3, 0.4) is 0 Å². The number of rotatable bonds is 5. The maximum Gasteiger partial charge on any atom is 0.263 e. The molecule has 2 aliphatic rings. The van der Waals surface area contributed by atoms with Crippen LogP contribution in [0.1, 0.15) is 42.4 Å². The number of benzene rings is 1. The molecular formula is C22H25N3O4S. The third-order valence-corrected chi connectivity index (χ3v) is 7.46. The molecule has 0 bridgehead atoms. The average Bonchev–Trinajstić information content (AvgIpc) is 2.96. The lowest BCUT2D eigenvalue weighted by Crippen LogP contribution is -2.30. The first kappa shape index (κ1) is 20.5. The molecule has 1 N–H and O–H groups in total. The van der Waals surface area contributed by atoms with Crippen molar-refractivity contribution in [3.63, 3.8) is 0 Å². The van der Waals surface area contributed by atoms with E-state index in [-0.39, 0.29) is 40.9 Å². The van der Waals surface area contributed by atoms with Gasteiger partial charge < -0.3 is 0 Å². The molecule has 30 heavy (non-hydrogen) atoms. The van der Waals surface area contributed by atoms with Crippen LogP contribution in [0.5, 0.6) is 0 Å². The number of imide groups is 1. The van der Waals surface area contributed by atoms with E-state index >= 15 is 0 Å². The quantitative estimate of drug-likeness (QED) is 0.740. The fourth-order valence-corrected chi connectivity index (χ4v) is 5.63. The molecule has 7 nitrogen and oxygen atoms in total. The molecule has 8 heteroatoms. The minimum absolute atomic E-state index is 0.0935. The molecule has 4 rings (SSSR count). The summed E-state index contributed by atoms with van der Waals surface area (Å²) in [6, 6.07) is 8.38. The molecule has 158 valence electrons. The summed E-state index contributed by atoms with van der Waals surface area (Å²) in [5, 5.41) is 0. The highest BCUT2D eigenvalue weighted by Crippen LogP contribution is 2.38. The predicted octanol–water partition coefficient (Wildman–Crippen LogP) is 3.17. The van der Waals surface area contributed by atoms with Gasteiger partial charge in [-0.2, -0.15) is 0 Å². The molecule has 1 saturated carbocycles. The topological polar surface area (TPSA) is 96.4 Å². The van der Waals surface area contributed by atoms with Crippen LogP contribution in [-0.4, -0.2) is 30.1 Å². The molecular weight excluding hydrogens is 402 g/mol. The summed E-state index contributed by atoms with van der Waals surface area (Å²) in [6.07, 6.45) is 5.05. The second-order valence-electron chi connectivity index (χ2n) is 8.19. The SMILES string of the molecule is Cc1ccc(NS(=O)(=O)c2cc(CN3C(=O)[C@@H]4CCCC[C@H]4C3=O)ccc2C)nc1. The zero-order valence-corrected chi connectivity index (χ0v) is 17.9. The van der Waals surface area contributed by atoms with Crippen LogP contribution in [-0.2, 0) is 26.2 Å². The Labute approximate surface area is 176 Å². The van der Waals surface area contributed by atoms with Gasteiger partial charge in [0.05, 0.1) is 23.3 Å². The highest BCUT2D eigenvalue weighted by molar-refractivity contribution is 7.92. The first-order valence-corrected chi connectivity index (χ1v) is 11.6. The molecule has 0 unspecified atom stereocenters. The van der Waals surface area contributed by atoms with Crippen molar-refractivity contribution < 1.29 is 18.0 Å². The number of aryl methyl sites for hydroxylation is 2. The van der Waals surface area contributed by atoms with E-state index < -0.39 is 10.0 Å². The van der Waals surface area contributed by atoms with E-state index in [1.165, 1.54) is 11.0 Å². The van der Waals surface area contributed by atoms with Crippen molar-refractivity contribution in [2.75, 3.05) is 4.72 Å². The molecule has 2 aromatic rings. The zero-order valence-electron chi connectivity index (χ0n) is 17.1. The van der Waals surface area contributed by atoms with Gasteiger partial charge in [-0.1, -0.05) is 31.0 Å². The van der Waals surface area contributed by atoms with Crippen LogP contribution in [0.25, 0.3) is 0 Å². The summed E-state index contributed by atoms with van der Waals surface area (Å²) >= 11 is 0. The monoisotopic (exact) mass is 427 g/mol. The molecule has 1 aliphatic carbocycles. The molecule has 0 radical (unpaired) electrons. The Morgan fingerprint density at radius 3 is 2.30 bits per heavy atom. The van der Waals surface area contributed by atoms with Crippen LogP contribution in [0, 0.1) is 25.7 Å². The number of hydrogen-bond acceptors (Lipinski definition) is 5. The fraction of sp³-hybridized carbons (Fsp3) is 0.409. The second kappa shape index (κ2) is 7.83. The normalized spacial score (nSPS) is 21.6. The van der Waals surface area contributed by atoms with Crippen molar-refractivity contribution in [2.45, 2.75) is 51.0 Å². The Bertz CT molecular complexity index is 1070. The number of amides is 2. The first-order valence-electron chi connectivity index (χ1n) is 10.2. The molecule has 1 aromatic heterocycles. The molecule has 1 aromatic carbocycles. The number of nitrogens with zero attached hydrogens (tertiary/aromatic N) is 2. The van der Waals surface area contributed by atoms with E-state index in [1.807, 2.05) is 6.92 Å². The van der Waals surface area contributed by atoms with Crippen molar-refractivity contribution in [2.24, 2.45) is 11.8 Å². The van der Waals surface area contributed by atoms with Gasteiger partial charge in [0, 0.05) is 6.20 Å². The average molecular weight is 428 g/mol.